The summed E-state index contributed by atoms with van der Waals surface area (Å²) >= 11 is 0. The van der Waals surface area contributed by atoms with Crippen LogP contribution in [0.25, 0.3) is 0 Å². The number of aliphatic hydroxyl groups is 1. The fourth-order valence-corrected chi connectivity index (χ4v) is 3.76. The lowest BCUT2D eigenvalue weighted by molar-refractivity contribution is 0.0110. The normalized spacial score (nSPS) is 19.9. The van der Waals surface area contributed by atoms with Gasteiger partial charge in [0.1, 0.15) is 5.82 Å². The minimum Gasteiger partial charge on any atom is -0.388 e. The van der Waals surface area contributed by atoms with E-state index in [2.05, 4.69) is 13.8 Å². The van der Waals surface area contributed by atoms with E-state index < -0.39 is 6.10 Å². The molecule has 0 aliphatic heterocycles. The first-order valence-corrected chi connectivity index (χ1v) is 7.38. The van der Waals surface area contributed by atoms with Gasteiger partial charge in [0.2, 0.25) is 0 Å². The third kappa shape index (κ3) is 3.17. The molecule has 1 aliphatic rings. The molecule has 1 fully saturated rings. The molecular formula is C17H25FO. The molecule has 19 heavy (non-hydrogen) atoms. The van der Waals surface area contributed by atoms with Gasteiger partial charge in [-0.15, -0.1) is 0 Å². The van der Waals surface area contributed by atoms with E-state index in [0.29, 0.717) is 5.92 Å². The van der Waals surface area contributed by atoms with Crippen molar-refractivity contribution in [1.82, 2.24) is 0 Å². The van der Waals surface area contributed by atoms with Crippen LogP contribution in [0.4, 0.5) is 4.39 Å². The summed E-state index contributed by atoms with van der Waals surface area (Å²) in [5, 5.41) is 10.8. The molecule has 1 aliphatic carbocycles. The van der Waals surface area contributed by atoms with Gasteiger partial charge in [-0.05, 0) is 55.4 Å². The Kier molecular flexibility index (Phi) is 4.29. The van der Waals surface area contributed by atoms with Gasteiger partial charge >= 0.3 is 0 Å². The molecular weight excluding hydrogens is 239 g/mol. The molecule has 0 aromatic heterocycles. The second-order valence-corrected chi connectivity index (χ2v) is 6.63. The van der Waals surface area contributed by atoms with E-state index in [0.717, 1.165) is 30.4 Å². The minimum atomic E-state index is -0.535. The first-order chi connectivity index (χ1) is 8.93. The lowest BCUT2D eigenvalue weighted by atomic mass is 9.72. The van der Waals surface area contributed by atoms with Crippen molar-refractivity contribution in [2.45, 2.75) is 59.0 Å². The Morgan fingerprint density at radius 2 is 1.84 bits per heavy atom. The van der Waals surface area contributed by atoms with Crippen molar-refractivity contribution in [3.8, 4) is 0 Å². The maximum Gasteiger partial charge on any atom is 0.123 e. The number of benzene rings is 1. The van der Waals surface area contributed by atoms with Crippen LogP contribution in [0.1, 0.15) is 63.2 Å². The van der Waals surface area contributed by atoms with Crippen LogP contribution in [0.3, 0.4) is 0 Å². The van der Waals surface area contributed by atoms with E-state index in [-0.39, 0.29) is 11.2 Å². The minimum absolute atomic E-state index is 0.0472. The first kappa shape index (κ1) is 14.5. The number of aliphatic hydroxyl groups excluding tert-OH is 1. The van der Waals surface area contributed by atoms with Crippen molar-refractivity contribution >= 4 is 0 Å². The molecule has 0 saturated heterocycles. The topological polar surface area (TPSA) is 20.2 Å². The molecule has 0 radical (unpaired) electrons. The highest BCUT2D eigenvalue weighted by molar-refractivity contribution is 5.27. The van der Waals surface area contributed by atoms with E-state index in [1.54, 1.807) is 0 Å². The fraction of sp³-hybridized carbons (Fsp3) is 0.647. The summed E-state index contributed by atoms with van der Waals surface area (Å²) in [4.78, 5) is 0. The van der Waals surface area contributed by atoms with E-state index in [9.17, 15) is 9.50 Å². The van der Waals surface area contributed by atoms with Crippen molar-refractivity contribution in [2.24, 2.45) is 11.3 Å². The highest BCUT2D eigenvalue weighted by Crippen LogP contribution is 2.51. The van der Waals surface area contributed by atoms with Gasteiger partial charge < -0.3 is 5.11 Å². The molecule has 0 spiro atoms. The molecule has 106 valence electrons. The summed E-state index contributed by atoms with van der Waals surface area (Å²) in [6, 6.07) is 4.94. The number of hydrogen-bond donors (Lipinski definition) is 1. The van der Waals surface area contributed by atoms with Crippen molar-refractivity contribution in [2.75, 3.05) is 0 Å². The maximum absolute atomic E-state index is 13.6. The van der Waals surface area contributed by atoms with Gasteiger partial charge in [0.15, 0.2) is 0 Å². The zero-order valence-corrected chi connectivity index (χ0v) is 12.2. The SMILES string of the molecule is Cc1cc(F)cc(C(O)C2(CC(C)C)CCCC2)c1. The average Bonchev–Trinajstić information content (AvgIpc) is 2.75. The second-order valence-electron chi connectivity index (χ2n) is 6.63. The number of aryl methyl sites for hydroxylation is 1. The fourth-order valence-electron chi connectivity index (χ4n) is 3.76. The quantitative estimate of drug-likeness (QED) is 0.830. The molecule has 0 amide bonds. The summed E-state index contributed by atoms with van der Waals surface area (Å²) in [5.41, 5.74) is 1.58. The standard InChI is InChI=1S/C17H25FO/c1-12(2)11-17(6-4-5-7-17)16(19)14-8-13(3)9-15(18)10-14/h8-10,12,16,19H,4-7,11H2,1-3H3. The summed E-state index contributed by atoms with van der Waals surface area (Å²) in [6.07, 6.45) is 4.95. The van der Waals surface area contributed by atoms with Gasteiger partial charge in [-0.2, -0.15) is 0 Å². The highest BCUT2D eigenvalue weighted by Gasteiger charge is 2.41. The molecule has 0 heterocycles. The van der Waals surface area contributed by atoms with Gasteiger partial charge in [0.05, 0.1) is 6.10 Å². The molecule has 1 nitrogen and oxygen atoms in total. The van der Waals surface area contributed by atoms with E-state index >= 15 is 0 Å². The Morgan fingerprint density at radius 1 is 1.21 bits per heavy atom. The van der Waals surface area contributed by atoms with Crippen molar-refractivity contribution < 1.29 is 9.50 Å². The van der Waals surface area contributed by atoms with Gasteiger partial charge in [0.25, 0.3) is 0 Å². The van der Waals surface area contributed by atoms with Crippen LogP contribution in [-0.2, 0) is 0 Å². The Hall–Kier alpha value is -0.890. The molecule has 1 aromatic carbocycles. The average molecular weight is 264 g/mol. The van der Waals surface area contributed by atoms with Crippen LogP contribution in [0.2, 0.25) is 0 Å². The Balaban J connectivity index is 2.31. The number of halogens is 1. The van der Waals surface area contributed by atoms with Gasteiger partial charge in [-0.3, -0.25) is 0 Å². The molecule has 1 saturated carbocycles. The predicted molar refractivity (Wildman–Crippen MR) is 76.5 cm³/mol. The summed E-state index contributed by atoms with van der Waals surface area (Å²) in [6.45, 7) is 6.27. The number of rotatable bonds is 4. The van der Waals surface area contributed by atoms with Crippen LogP contribution in [0, 0.1) is 24.1 Å². The van der Waals surface area contributed by atoms with E-state index in [1.165, 1.54) is 25.0 Å². The molecule has 1 atom stereocenters. The Bertz CT molecular complexity index is 413. The van der Waals surface area contributed by atoms with Crippen molar-refractivity contribution in [1.29, 1.82) is 0 Å². The molecule has 1 N–H and O–H groups in total. The van der Waals surface area contributed by atoms with Gasteiger partial charge in [-0.25, -0.2) is 4.39 Å². The molecule has 1 unspecified atom stereocenters. The van der Waals surface area contributed by atoms with Crippen LogP contribution in [0.5, 0.6) is 0 Å². The third-order valence-corrected chi connectivity index (χ3v) is 4.37. The summed E-state index contributed by atoms with van der Waals surface area (Å²) < 4.78 is 13.6. The summed E-state index contributed by atoms with van der Waals surface area (Å²) in [5.74, 6) is 0.314. The lowest BCUT2D eigenvalue weighted by Crippen LogP contribution is -2.28. The first-order valence-electron chi connectivity index (χ1n) is 7.38. The van der Waals surface area contributed by atoms with Crippen LogP contribution in [0.15, 0.2) is 18.2 Å². The predicted octanol–water partition coefficient (Wildman–Crippen LogP) is 4.77. The zero-order chi connectivity index (χ0) is 14.0. The second kappa shape index (κ2) is 5.62. The van der Waals surface area contributed by atoms with Gasteiger partial charge in [-0.1, -0.05) is 32.8 Å². The Labute approximate surface area is 115 Å². The van der Waals surface area contributed by atoms with Crippen LogP contribution in [-0.4, -0.2) is 5.11 Å². The third-order valence-electron chi connectivity index (χ3n) is 4.37. The van der Waals surface area contributed by atoms with E-state index in [1.807, 2.05) is 13.0 Å². The highest BCUT2D eigenvalue weighted by atomic mass is 19.1. The summed E-state index contributed by atoms with van der Waals surface area (Å²) in [7, 11) is 0. The molecule has 2 rings (SSSR count). The van der Waals surface area contributed by atoms with Crippen LogP contribution >= 0.6 is 0 Å². The molecule has 2 heteroatoms. The van der Waals surface area contributed by atoms with Gasteiger partial charge in [0, 0.05) is 5.41 Å². The molecule has 1 aromatic rings. The number of hydrogen-bond acceptors (Lipinski definition) is 1. The van der Waals surface area contributed by atoms with Crippen LogP contribution < -0.4 is 0 Å². The maximum atomic E-state index is 13.6. The zero-order valence-electron chi connectivity index (χ0n) is 12.2. The lowest BCUT2D eigenvalue weighted by Gasteiger charge is -2.36. The largest absolute Gasteiger partial charge is 0.388 e. The van der Waals surface area contributed by atoms with Crippen molar-refractivity contribution in [3.05, 3.63) is 35.1 Å². The monoisotopic (exact) mass is 264 g/mol. The Morgan fingerprint density at radius 3 is 2.37 bits per heavy atom. The molecule has 0 bridgehead atoms. The smallest absolute Gasteiger partial charge is 0.123 e. The van der Waals surface area contributed by atoms with Crippen molar-refractivity contribution in [3.63, 3.8) is 0 Å². The van der Waals surface area contributed by atoms with E-state index in [4.69, 9.17) is 0 Å².